The minimum atomic E-state index is -0.810. The number of likely N-dealkylation sites (tertiary alicyclic amines) is 1. The molecule has 0 aromatic heterocycles. The number of aliphatic hydroxyl groups excluding tert-OH is 1. The summed E-state index contributed by atoms with van der Waals surface area (Å²) in [6, 6.07) is 10.8. The first-order valence-corrected chi connectivity index (χ1v) is 10.1. The van der Waals surface area contributed by atoms with Gasteiger partial charge in [-0.2, -0.15) is 0 Å². The lowest BCUT2D eigenvalue weighted by atomic mass is 9.95. The zero-order valence-electron chi connectivity index (χ0n) is 17.6. The fourth-order valence-corrected chi connectivity index (χ4v) is 3.67. The molecule has 1 atom stereocenters. The van der Waals surface area contributed by atoms with E-state index in [4.69, 9.17) is 25.8 Å². The van der Waals surface area contributed by atoms with Crippen LogP contribution in [0.2, 0.25) is 5.02 Å². The van der Waals surface area contributed by atoms with Crippen LogP contribution in [0.1, 0.15) is 24.1 Å². The van der Waals surface area contributed by atoms with Gasteiger partial charge in [0.2, 0.25) is 0 Å². The first-order valence-electron chi connectivity index (χ1n) is 9.76. The van der Waals surface area contributed by atoms with E-state index in [0.29, 0.717) is 34.3 Å². The Morgan fingerprint density at radius 3 is 2.42 bits per heavy atom. The summed E-state index contributed by atoms with van der Waals surface area (Å²) >= 11 is 5.94. The molecule has 7 nitrogen and oxygen atoms in total. The predicted octanol–water partition coefficient (Wildman–Crippen LogP) is 3.82. The summed E-state index contributed by atoms with van der Waals surface area (Å²) in [4.78, 5) is 27.1. The maximum atomic E-state index is 12.9. The van der Waals surface area contributed by atoms with Crippen LogP contribution in [0.15, 0.2) is 48.0 Å². The number of carbonyl (C=O) groups is 2. The van der Waals surface area contributed by atoms with Gasteiger partial charge in [0.15, 0.2) is 11.5 Å². The van der Waals surface area contributed by atoms with Gasteiger partial charge < -0.3 is 24.2 Å². The second-order valence-electron chi connectivity index (χ2n) is 6.84. The van der Waals surface area contributed by atoms with Crippen molar-refractivity contribution in [1.29, 1.82) is 0 Å². The highest BCUT2D eigenvalue weighted by Gasteiger charge is 2.46. The Bertz CT molecular complexity index is 1000. The van der Waals surface area contributed by atoms with E-state index in [1.54, 1.807) is 42.5 Å². The summed E-state index contributed by atoms with van der Waals surface area (Å²) in [5, 5.41) is 11.5. The van der Waals surface area contributed by atoms with Crippen LogP contribution in [-0.2, 0) is 14.3 Å². The Kier molecular flexibility index (Phi) is 7.20. The van der Waals surface area contributed by atoms with Gasteiger partial charge in [-0.25, -0.2) is 0 Å². The van der Waals surface area contributed by atoms with Crippen LogP contribution < -0.4 is 9.47 Å². The van der Waals surface area contributed by atoms with Crippen molar-refractivity contribution in [1.82, 2.24) is 4.90 Å². The molecular weight excluding hydrogens is 422 g/mol. The van der Waals surface area contributed by atoms with E-state index in [-0.39, 0.29) is 24.5 Å². The number of ketones is 1. The minimum absolute atomic E-state index is 0.00496. The fourth-order valence-electron chi connectivity index (χ4n) is 3.54. The number of nitrogens with zero attached hydrogens (tertiary/aromatic N) is 1. The summed E-state index contributed by atoms with van der Waals surface area (Å²) in [7, 11) is 3.02. The number of aliphatic hydroxyl groups is 1. The molecule has 164 valence electrons. The van der Waals surface area contributed by atoms with Gasteiger partial charge >= 0.3 is 0 Å². The third-order valence-corrected chi connectivity index (χ3v) is 5.25. The molecule has 1 saturated heterocycles. The molecule has 8 heteroatoms. The van der Waals surface area contributed by atoms with Crippen LogP contribution in [0.5, 0.6) is 11.5 Å². The quantitative estimate of drug-likeness (QED) is 0.378. The topological polar surface area (TPSA) is 85.3 Å². The lowest BCUT2D eigenvalue weighted by Gasteiger charge is -2.25. The predicted molar refractivity (Wildman–Crippen MR) is 117 cm³/mol. The van der Waals surface area contributed by atoms with E-state index in [9.17, 15) is 14.7 Å². The molecule has 0 saturated carbocycles. The molecule has 2 aromatic rings. The Morgan fingerprint density at radius 1 is 1.10 bits per heavy atom. The first-order chi connectivity index (χ1) is 14.9. The third-order valence-electron chi connectivity index (χ3n) is 5.00. The largest absolute Gasteiger partial charge is 0.507 e. The number of amides is 1. The molecule has 0 aliphatic carbocycles. The number of methoxy groups -OCH3 is 2. The molecule has 0 spiro atoms. The van der Waals surface area contributed by atoms with E-state index in [0.717, 1.165) is 0 Å². The average molecular weight is 446 g/mol. The number of hydrogen-bond acceptors (Lipinski definition) is 6. The molecular formula is C23H24ClNO6. The highest BCUT2D eigenvalue weighted by atomic mass is 35.5. The molecule has 0 bridgehead atoms. The maximum absolute atomic E-state index is 12.9. The SMILES string of the molecule is CCOc1ccc(C2C(=C(O)c3ccc(Cl)cc3)C(=O)C(=O)N2CCOC)cc1OC. The first kappa shape index (κ1) is 22.7. The Balaban J connectivity index is 2.17. The summed E-state index contributed by atoms with van der Waals surface area (Å²) in [6.07, 6.45) is 0. The second kappa shape index (κ2) is 9.85. The molecule has 1 unspecified atom stereocenters. The van der Waals surface area contributed by atoms with Crippen molar-refractivity contribution in [2.24, 2.45) is 0 Å². The lowest BCUT2D eigenvalue weighted by molar-refractivity contribution is -0.140. The van der Waals surface area contributed by atoms with Crippen LogP contribution >= 0.6 is 11.6 Å². The monoisotopic (exact) mass is 445 g/mol. The Labute approximate surface area is 185 Å². The zero-order valence-corrected chi connectivity index (χ0v) is 18.3. The van der Waals surface area contributed by atoms with Crippen molar-refractivity contribution in [3.63, 3.8) is 0 Å². The standard InChI is InChI=1S/C23H24ClNO6/c1-4-31-17-10-7-15(13-18(17)30-3)20-19(21(26)14-5-8-16(24)9-6-14)22(27)23(28)25(20)11-12-29-2/h5-10,13,20,26H,4,11-12H2,1-3H3. The fraction of sp³-hybridized carbons (Fsp3) is 0.304. The smallest absolute Gasteiger partial charge is 0.295 e. The lowest BCUT2D eigenvalue weighted by Crippen LogP contribution is -2.32. The van der Waals surface area contributed by atoms with E-state index in [1.165, 1.54) is 19.1 Å². The Morgan fingerprint density at radius 2 is 1.81 bits per heavy atom. The van der Waals surface area contributed by atoms with Crippen molar-refractivity contribution in [3.05, 3.63) is 64.2 Å². The summed E-state index contributed by atoms with van der Waals surface area (Å²) in [6.45, 7) is 2.73. The van der Waals surface area contributed by atoms with Gasteiger partial charge in [-0.05, 0) is 48.9 Å². The van der Waals surface area contributed by atoms with Crippen LogP contribution in [-0.4, -0.2) is 55.7 Å². The van der Waals surface area contributed by atoms with Gasteiger partial charge in [0.1, 0.15) is 5.76 Å². The number of ether oxygens (including phenoxy) is 3. The molecule has 31 heavy (non-hydrogen) atoms. The zero-order chi connectivity index (χ0) is 22.5. The molecule has 1 heterocycles. The average Bonchev–Trinajstić information content (AvgIpc) is 3.03. The van der Waals surface area contributed by atoms with Gasteiger partial charge in [-0.1, -0.05) is 17.7 Å². The van der Waals surface area contributed by atoms with Crippen molar-refractivity contribution < 1.29 is 28.9 Å². The van der Waals surface area contributed by atoms with Crippen LogP contribution in [0.3, 0.4) is 0 Å². The van der Waals surface area contributed by atoms with E-state index < -0.39 is 17.7 Å². The molecule has 1 fully saturated rings. The number of Topliss-reactive ketones (excluding diaryl/α,β-unsaturated/α-hetero) is 1. The summed E-state index contributed by atoms with van der Waals surface area (Å²) < 4.78 is 16.1. The van der Waals surface area contributed by atoms with E-state index in [1.807, 2.05) is 6.92 Å². The maximum Gasteiger partial charge on any atom is 0.295 e. The number of hydrogen-bond donors (Lipinski definition) is 1. The molecule has 1 aliphatic heterocycles. The van der Waals surface area contributed by atoms with Gasteiger partial charge in [0, 0.05) is 24.2 Å². The van der Waals surface area contributed by atoms with Gasteiger partial charge in [0.05, 0.1) is 31.9 Å². The van der Waals surface area contributed by atoms with Gasteiger partial charge in [0.25, 0.3) is 11.7 Å². The van der Waals surface area contributed by atoms with Crippen LogP contribution in [0.4, 0.5) is 0 Å². The third kappa shape index (κ3) is 4.52. The minimum Gasteiger partial charge on any atom is -0.507 e. The highest BCUT2D eigenvalue weighted by molar-refractivity contribution is 6.46. The number of benzene rings is 2. The van der Waals surface area contributed by atoms with Crippen molar-refractivity contribution in [2.45, 2.75) is 13.0 Å². The molecule has 1 amide bonds. The molecule has 1 N–H and O–H groups in total. The molecule has 1 aliphatic rings. The molecule has 3 rings (SSSR count). The van der Waals surface area contributed by atoms with Crippen molar-refractivity contribution in [3.8, 4) is 11.5 Å². The summed E-state index contributed by atoms with van der Waals surface area (Å²) in [5.74, 6) is -0.733. The Hall–Kier alpha value is -3.03. The van der Waals surface area contributed by atoms with Crippen LogP contribution in [0, 0.1) is 0 Å². The van der Waals surface area contributed by atoms with Crippen molar-refractivity contribution in [2.75, 3.05) is 34.0 Å². The van der Waals surface area contributed by atoms with Gasteiger partial charge in [-0.15, -0.1) is 0 Å². The number of carbonyl (C=O) groups excluding carboxylic acids is 2. The van der Waals surface area contributed by atoms with Gasteiger partial charge in [-0.3, -0.25) is 9.59 Å². The van der Waals surface area contributed by atoms with Crippen molar-refractivity contribution >= 4 is 29.1 Å². The van der Waals surface area contributed by atoms with E-state index >= 15 is 0 Å². The number of rotatable bonds is 8. The second-order valence-corrected chi connectivity index (χ2v) is 7.27. The normalized spacial score (nSPS) is 17.8. The van der Waals surface area contributed by atoms with Crippen LogP contribution in [0.25, 0.3) is 5.76 Å². The van der Waals surface area contributed by atoms with E-state index in [2.05, 4.69) is 0 Å². The molecule has 0 radical (unpaired) electrons. The number of halogens is 1. The summed E-state index contributed by atoms with van der Waals surface area (Å²) in [5.41, 5.74) is 0.984. The highest BCUT2D eigenvalue weighted by Crippen LogP contribution is 2.41. The molecule has 2 aromatic carbocycles.